The number of imidazole rings is 1. The van der Waals surface area contributed by atoms with Crippen LogP contribution in [0.15, 0.2) is 12.4 Å². The Hall–Kier alpha value is -0.225. The minimum Gasteiger partial charge on any atom is -0.418 e. The molecule has 0 N–H and O–H groups in total. The van der Waals surface area contributed by atoms with Crippen molar-refractivity contribution in [2.75, 3.05) is 6.61 Å². The molecule has 0 saturated carbocycles. The molecule has 0 aliphatic rings. The van der Waals surface area contributed by atoms with Gasteiger partial charge < -0.3 is 17.3 Å². The zero-order valence-corrected chi connectivity index (χ0v) is 14.4. The predicted molar refractivity (Wildman–Crippen MR) is 75.8 cm³/mol. The average Bonchev–Trinajstić information content (AvgIpc) is 2.65. The van der Waals surface area contributed by atoms with Gasteiger partial charge in [0, 0.05) is 6.92 Å². The molecular weight excluding hydrogens is 397 g/mol. The quantitative estimate of drug-likeness (QED) is 0.333. The lowest BCUT2D eigenvalue weighted by Gasteiger charge is -2.09. The number of hydrogen-bond acceptors (Lipinski definition) is 3. The van der Waals surface area contributed by atoms with Gasteiger partial charge in [0.2, 0.25) is 3.79 Å². The van der Waals surface area contributed by atoms with Crippen molar-refractivity contribution < 1.29 is 34.4 Å². The van der Waals surface area contributed by atoms with E-state index < -0.39 is 28.0 Å². The average molecular weight is 409 g/mol. The second-order valence-corrected chi connectivity index (χ2v) is 7.76. The minimum absolute atomic E-state index is 0.511. The Morgan fingerprint density at radius 1 is 1.32 bits per heavy atom. The molecule has 0 bridgehead atoms. The summed E-state index contributed by atoms with van der Waals surface area (Å²) in [4.78, 5) is 0. The first-order valence-corrected chi connectivity index (χ1v) is 8.08. The third-order valence-corrected chi connectivity index (χ3v) is 3.68. The van der Waals surface area contributed by atoms with Gasteiger partial charge in [-0.15, -0.1) is 0 Å². The molecular formula is C8H12BCl3F4N2O3S. The van der Waals surface area contributed by atoms with Crippen LogP contribution in [0, 0.1) is 6.92 Å². The van der Waals surface area contributed by atoms with E-state index in [0.29, 0.717) is 12.4 Å². The Morgan fingerprint density at radius 3 is 2.09 bits per heavy atom. The van der Waals surface area contributed by atoms with E-state index in [1.807, 2.05) is 6.92 Å². The van der Waals surface area contributed by atoms with E-state index in [0.717, 1.165) is 3.97 Å². The minimum atomic E-state index is -6.00. The molecule has 0 aliphatic carbocycles. The third kappa shape index (κ3) is 9.04. The number of aromatic nitrogens is 2. The number of nitrogens with zero attached hydrogens (tertiary/aromatic N) is 2. The summed E-state index contributed by atoms with van der Waals surface area (Å²) in [6.07, 6.45) is 3.01. The second kappa shape index (κ2) is 8.05. The van der Waals surface area contributed by atoms with Crippen molar-refractivity contribution in [2.45, 2.75) is 24.2 Å². The molecule has 14 heteroatoms. The third-order valence-electron chi connectivity index (χ3n) is 2.07. The molecule has 22 heavy (non-hydrogen) atoms. The highest BCUT2D eigenvalue weighted by Gasteiger charge is 2.30. The van der Waals surface area contributed by atoms with E-state index in [1.54, 1.807) is 17.7 Å². The first-order chi connectivity index (χ1) is 9.67. The van der Waals surface area contributed by atoms with Gasteiger partial charge in [-0.1, -0.05) is 38.8 Å². The number of rotatable bonds is 4. The summed E-state index contributed by atoms with van der Waals surface area (Å²) >= 11 is 16.3. The maximum Gasteiger partial charge on any atom is 0.673 e. The summed E-state index contributed by atoms with van der Waals surface area (Å²) in [7, 11) is -9.97. The van der Waals surface area contributed by atoms with E-state index in [9.17, 15) is 25.7 Å². The Bertz CT molecular complexity index is 582. The van der Waals surface area contributed by atoms with Gasteiger partial charge in [-0.05, 0) is 6.92 Å². The summed E-state index contributed by atoms with van der Waals surface area (Å²) in [5.41, 5.74) is 0. The Morgan fingerprint density at radius 2 is 1.77 bits per heavy atom. The first kappa shape index (κ1) is 21.8. The van der Waals surface area contributed by atoms with Crippen molar-refractivity contribution in [3.63, 3.8) is 0 Å². The first-order valence-electron chi connectivity index (χ1n) is 5.58. The van der Waals surface area contributed by atoms with Crippen molar-refractivity contribution in [3.8, 4) is 0 Å². The van der Waals surface area contributed by atoms with Gasteiger partial charge in [0.1, 0.15) is 19.0 Å². The molecule has 5 nitrogen and oxygen atoms in total. The molecule has 0 radical (unpaired) electrons. The second-order valence-electron chi connectivity index (χ2n) is 3.76. The lowest BCUT2D eigenvalue weighted by Crippen LogP contribution is -2.35. The smallest absolute Gasteiger partial charge is 0.418 e. The van der Waals surface area contributed by atoms with Crippen LogP contribution in [0.1, 0.15) is 12.7 Å². The predicted octanol–water partition coefficient (Wildman–Crippen LogP) is 2.88. The largest absolute Gasteiger partial charge is 0.673 e. The fourth-order valence-corrected chi connectivity index (χ4v) is 2.68. The van der Waals surface area contributed by atoms with E-state index >= 15 is 0 Å². The van der Waals surface area contributed by atoms with E-state index in [2.05, 4.69) is 4.18 Å². The van der Waals surface area contributed by atoms with Crippen LogP contribution in [0.25, 0.3) is 0 Å². The molecule has 1 aromatic heterocycles. The molecule has 0 atom stereocenters. The van der Waals surface area contributed by atoms with Gasteiger partial charge in [-0.3, -0.25) is 0 Å². The standard InChI is InChI=1S/C8H12Cl3N2O3S.BF4/c1-3-12-4-5-13(7(12)2)17(14,15)16-6-8(9,10)11;2-1(3,4)5/h4-5H,3,6H2,1-2H3;/q+1;-1. The highest BCUT2D eigenvalue weighted by molar-refractivity contribution is 7.85. The van der Waals surface area contributed by atoms with Crippen LogP contribution in [0.3, 0.4) is 0 Å². The Labute approximate surface area is 140 Å². The maximum absolute atomic E-state index is 11.8. The summed E-state index contributed by atoms with van der Waals surface area (Å²) in [6, 6.07) is 0. The van der Waals surface area contributed by atoms with Gasteiger partial charge in [-0.2, -0.15) is 8.42 Å². The van der Waals surface area contributed by atoms with Crippen LogP contribution in [0.5, 0.6) is 0 Å². The van der Waals surface area contributed by atoms with Crippen molar-refractivity contribution in [1.82, 2.24) is 3.97 Å². The van der Waals surface area contributed by atoms with E-state index in [4.69, 9.17) is 34.8 Å². The summed E-state index contributed by atoms with van der Waals surface area (Å²) in [6.45, 7) is 3.66. The van der Waals surface area contributed by atoms with Crippen LogP contribution in [0.2, 0.25) is 0 Å². The van der Waals surface area contributed by atoms with Crippen LogP contribution in [-0.4, -0.2) is 30.0 Å². The number of hydrogen-bond donors (Lipinski definition) is 0. The van der Waals surface area contributed by atoms with E-state index in [1.165, 1.54) is 6.20 Å². The lowest BCUT2D eigenvalue weighted by atomic mass is 10.3. The summed E-state index contributed by atoms with van der Waals surface area (Å²) in [5.74, 6) is 0.511. The highest BCUT2D eigenvalue weighted by atomic mass is 35.6. The normalized spacial score (nSPS) is 12.8. The van der Waals surface area contributed by atoms with Crippen molar-refractivity contribution in [3.05, 3.63) is 18.2 Å². The van der Waals surface area contributed by atoms with Crippen LogP contribution in [-0.2, 0) is 21.0 Å². The molecule has 0 spiro atoms. The topological polar surface area (TPSA) is 52.2 Å². The van der Waals surface area contributed by atoms with Crippen molar-refractivity contribution in [1.29, 1.82) is 0 Å². The fraction of sp³-hybridized carbons (Fsp3) is 0.625. The Kier molecular flexibility index (Phi) is 7.96. The molecule has 0 unspecified atom stereocenters. The van der Waals surface area contributed by atoms with E-state index in [-0.39, 0.29) is 0 Å². The van der Waals surface area contributed by atoms with Crippen molar-refractivity contribution in [2.24, 2.45) is 0 Å². The van der Waals surface area contributed by atoms with Crippen molar-refractivity contribution >= 4 is 52.4 Å². The van der Waals surface area contributed by atoms with Gasteiger partial charge >= 0.3 is 17.6 Å². The van der Waals surface area contributed by atoms with Gasteiger partial charge in [0.05, 0.1) is 6.54 Å². The summed E-state index contributed by atoms with van der Waals surface area (Å²) < 4.78 is 68.2. The monoisotopic (exact) mass is 408 g/mol. The number of aryl methyl sites for hydroxylation is 1. The van der Waals surface area contributed by atoms with Crippen LogP contribution >= 0.6 is 34.8 Å². The number of halogens is 7. The fourth-order valence-electron chi connectivity index (χ4n) is 1.25. The lowest BCUT2D eigenvalue weighted by molar-refractivity contribution is -0.698. The molecule has 0 saturated heterocycles. The molecule has 130 valence electrons. The molecule has 0 aliphatic heterocycles. The zero-order chi connectivity index (χ0) is 17.8. The SMILES string of the molecule is CC[n+]1ccn(S(=O)(=O)OCC(Cl)(Cl)Cl)c1C.F[B-](F)(F)F. The molecule has 0 amide bonds. The summed E-state index contributed by atoms with van der Waals surface area (Å²) in [5, 5.41) is 0. The highest BCUT2D eigenvalue weighted by Crippen LogP contribution is 2.26. The van der Waals surface area contributed by atoms with Crippen LogP contribution in [0.4, 0.5) is 17.3 Å². The molecule has 0 fully saturated rings. The molecule has 1 heterocycles. The number of alkyl halides is 3. The van der Waals surface area contributed by atoms with Gasteiger partial charge in [-0.25, -0.2) is 8.75 Å². The molecule has 0 aromatic carbocycles. The molecule has 1 rings (SSSR count). The Balaban J connectivity index is 0.000000763. The maximum atomic E-state index is 11.8. The van der Waals surface area contributed by atoms with Gasteiger partial charge in [0.15, 0.2) is 0 Å². The molecule has 1 aromatic rings. The zero-order valence-electron chi connectivity index (χ0n) is 11.3. The van der Waals surface area contributed by atoms with Gasteiger partial charge in [0.25, 0.3) is 5.82 Å². The van der Waals surface area contributed by atoms with Crippen LogP contribution < -0.4 is 4.57 Å².